The molecule has 4 nitrogen and oxygen atoms in total. The number of carbonyl (C=O) groups excluding carboxylic acids is 2. The Kier molecular flexibility index (Phi) is 5.07. The third-order valence-corrected chi connectivity index (χ3v) is 4.48. The quantitative estimate of drug-likeness (QED) is 0.901. The first-order chi connectivity index (χ1) is 11.5. The maximum absolute atomic E-state index is 12.3. The Hall–Kier alpha value is -2.04. The van der Waals surface area contributed by atoms with Gasteiger partial charge in [-0.25, -0.2) is 0 Å². The van der Waals surface area contributed by atoms with E-state index in [1.54, 1.807) is 35.2 Å². The van der Waals surface area contributed by atoms with E-state index in [4.69, 9.17) is 23.2 Å². The van der Waals surface area contributed by atoms with E-state index < -0.39 is 0 Å². The Balaban J connectivity index is 1.60. The lowest BCUT2D eigenvalue weighted by Gasteiger charge is -2.16. The highest BCUT2D eigenvalue weighted by Gasteiger charge is 2.34. The van der Waals surface area contributed by atoms with Crippen LogP contribution < -0.4 is 10.2 Å². The molecule has 0 spiro atoms. The summed E-state index contributed by atoms with van der Waals surface area (Å²) in [5, 5.41) is 4.12. The van der Waals surface area contributed by atoms with Crippen LogP contribution in [0.3, 0.4) is 0 Å². The second kappa shape index (κ2) is 7.24. The van der Waals surface area contributed by atoms with E-state index in [1.165, 1.54) is 0 Å². The molecule has 1 N–H and O–H groups in total. The minimum absolute atomic E-state index is 0.0553. The fourth-order valence-electron chi connectivity index (χ4n) is 2.73. The summed E-state index contributed by atoms with van der Waals surface area (Å²) < 4.78 is 0. The van der Waals surface area contributed by atoms with Crippen molar-refractivity contribution in [2.75, 3.05) is 11.4 Å². The topological polar surface area (TPSA) is 49.4 Å². The number of amides is 2. The third kappa shape index (κ3) is 3.89. The van der Waals surface area contributed by atoms with Crippen molar-refractivity contribution in [3.8, 4) is 0 Å². The van der Waals surface area contributed by atoms with Gasteiger partial charge in [-0.2, -0.15) is 0 Å². The Bertz CT molecular complexity index is 762. The van der Waals surface area contributed by atoms with Gasteiger partial charge >= 0.3 is 0 Å². The van der Waals surface area contributed by atoms with Gasteiger partial charge < -0.3 is 10.2 Å². The fraction of sp³-hybridized carbons (Fsp3) is 0.222. The number of benzene rings is 2. The number of hydrogen-bond donors (Lipinski definition) is 1. The van der Waals surface area contributed by atoms with Crippen LogP contribution in [0.1, 0.15) is 12.0 Å². The van der Waals surface area contributed by atoms with Crippen molar-refractivity contribution in [2.45, 2.75) is 13.0 Å². The fourth-order valence-corrected chi connectivity index (χ4v) is 3.07. The number of rotatable bonds is 4. The van der Waals surface area contributed by atoms with E-state index in [-0.39, 0.29) is 24.2 Å². The van der Waals surface area contributed by atoms with Crippen LogP contribution in [-0.2, 0) is 16.1 Å². The van der Waals surface area contributed by atoms with E-state index in [1.807, 2.05) is 18.2 Å². The Morgan fingerprint density at radius 2 is 1.88 bits per heavy atom. The maximum atomic E-state index is 12.3. The molecule has 1 atom stereocenters. The molecule has 3 rings (SSSR count). The van der Waals surface area contributed by atoms with Crippen molar-refractivity contribution in [1.82, 2.24) is 5.32 Å². The van der Waals surface area contributed by atoms with E-state index in [0.717, 1.165) is 11.3 Å². The van der Waals surface area contributed by atoms with Gasteiger partial charge in [-0.1, -0.05) is 35.3 Å². The standard InChI is InChI=1S/C18H16Cl2N2O2/c19-14-4-6-16(7-5-14)22-11-13(9-17(22)23)18(24)21-10-12-2-1-3-15(20)8-12/h1-8,13H,9-11H2,(H,21,24)/t13-/m0/s1. The number of anilines is 1. The van der Waals surface area contributed by atoms with Gasteiger partial charge in [0.1, 0.15) is 0 Å². The molecule has 2 aromatic rings. The SMILES string of the molecule is O=C(NCc1cccc(Cl)c1)[C@H]1CC(=O)N(c2ccc(Cl)cc2)C1. The molecule has 2 amide bonds. The molecule has 0 radical (unpaired) electrons. The van der Waals surface area contributed by atoms with Crippen LogP contribution in [0.25, 0.3) is 0 Å². The molecular weight excluding hydrogens is 347 g/mol. The van der Waals surface area contributed by atoms with Crippen molar-refractivity contribution in [1.29, 1.82) is 0 Å². The molecule has 1 aliphatic heterocycles. The van der Waals surface area contributed by atoms with Gasteiger partial charge in [-0.3, -0.25) is 9.59 Å². The summed E-state index contributed by atoms with van der Waals surface area (Å²) in [7, 11) is 0. The second-order valence-electron chi connectivity index (χ2n) is 5.73. The first-order valence-electron chi connectivity index (χ1n) is 7.61. The molecule has 0 aliphatic carbocycles. The summed E-state index contributed by atoms with van der Waals surface area (Å²) in [5.74, 6) is -0.535. The summed E-state index contributed by atoms with van der Waals surface area (Å²) in [5.41, 5.74) is 1.68. The summed E-state index contributed by atoms with van der Waals surface area (Å²) in [6.45, 7) is 0.771. The van der Waals surface area contributed by atoms with Crippen molar-refractivity contribution in [2.24, 2.45) is 5.92 Å². The van der Waals surface area contributed by atoms with E-state index in [9.17, 15) is 9.59 Å². The average Bonchev–Trinajstić information content (AvgIpc) is 2.95. The van der Waals surface area contributed by atoms with Crippen molar-refractivity contribution < 1.29 is 9.59 Å². The van der Waals surface area contributed by atoms with Crippen LogP contribution in [0, 0.1) is 5.92 Å². The summed E-state index contributed by atoms with van der Waals surface area (Å²) in [6, 6.07) is 14.4. The molecule has 124 valence electrons. The monoisotopic (exact) mass is 362 g/mol. The largest absolute Gasteiger partial charge is 0.352 e. The Labute approximate surface area is 150 Å². The van der Waals surface area contributed by atoms with Gasteiger partial charge in [0.2, 0.25) is 11.8 Å². The molecule has 1 fully saturated rings. The van der Waals surface area contributed by atoms with Gasteiger partial charge in [-0.15, -0.1) is 0 Å². The molecule has 0 aromatic heterocycles. The lowest BCUT2D eigenvalue weighted by Crippen LogP contribution is -2.32. The number of nitrogens with one attached hydrogen (secondary N) is 1. The van der Waals surface area contributed by atoms with Gasteiger partial charge in [0, 0.05) is 35.2 Å². The zero-order valence-corrected chi connectivity index (χ0v) is 14.3. The zero-order chi connectivity index (χ0) is 17.1. The molecule has 0 bridgehead atoms. The zero-order valence-electron chi connectivity index (χ0n) is 12.8. The Morgan fingerprint density at radius 3 is 2.58 bits per heavy atom. The maximum Gasteiger partial charge on any atom is 0.227 e. The first-order valence-corrected chi connectivity index (χ1v) is 8.36. The number of halogens is 2. The number of nitrogens with zero attached hydrogens (tertiary/aromatic N) is 1. The third-order valence-electron chi connectivity index (χ3n) is 3.99. The highest BCUT2D eigenvalue weighted by atomic mass is 35.5. The van der Waals surface area contributed by atoms with Crippen molar-refractivity contribution in [3.05, 3.63) is 64.1 Å². The minimum atomic E-state index is -0.354. The van der Waals surface area contributed by atoms with Gasteiger partial charge in [-0.05, 0) is 42.0 Å². The number of carbonyl (C=O) groups is 2. The van der Waals surface area contributed by atoms with Crippen molar-refractivity contribution in [3.63, 3.8) is 0 Å². The van der Waals surface area contributed by atoms with Crippen LogP contribution >= 0.6 is 23.2 Å². The molecule has 2 aromatic carbocycles. The van der Waals surface area contributed by atoms with E-state index in [0.29, 0.717) is 23.1 Å². The molecule has 0 saturated carbocycles. The summed E-state index contributed by atoms with van der Waals surface area (Å²) in [6.07, 6.45) is 0.212. The predicted octanol–water partition coefficient (Wildman–Crippen LogP) is 3.66. The molecule has 24 heavy (non-hydrogen) atoms. The first kappa shape index (κ1) is 16.8. The van der Waals surface area contributed by atoms with Crippen LogP contribution in [0.15, 0.2) is 48.5 Å². The van der Waals surface area contributed by atoms with Crippen LogP contribution in [-0.4, -0.2) is 18.4 Å². The molecule has 6 heteroatoms. The smallest absolute Gasteiger partial charge is 0.227 e. The van der Waals surface area contributed by atoms with Crippen LogP contribution in [0.4, 0.5) is 5.69 Å². The predicted molar refractivity (Wildman–Crippen MR) is 95.2 cm³/mol. The molecule has 0 unspecified atom stereocenters. The average molecular weight is 363 g/mol. The second-order valence-corrected chi connectivity index (χ2v) is 6.60. The molecule has 1 saturated heterocycles. The minimum Gasteiger partial charge on any atom is -0.352 e. The Morgan fingerprint density at radius 1 is 1.12 bits per heavy atom. The lowest BCUT2D eigenvalue weighted by atomic mass is 10.1. The highest BCUT2D eigenvalue weighted by Crippen LogP contribution is 2.26. The molecule has 1 heterocycles. The van der Waals surface area contributed by atoms with Gasteiger partial charge in [0.25, 0.3) is 0 Å². The summed E-state index contributed by atoms with van der Waals surface area (Å²) in [4.78, 5) is 26.1. The molecule has 1 aliphatic rings. The van der Waals surface area contributed by atoms with Crippen LogP contribution in [0.5, 0.6) is 0 Å². The van der Waals surface area contributed by atoms with Gasteiger partial charge in [0.05, 0.1) is 5.92 Å². The highest BCUT2D eigenvalue weighted by molar-refractivity contribution is 6.30. The van der Waals surface area contributed by atoms with E-state index in [2.05, 4.69) is 5.32 Å². The normalized spacial score (nSPS) is 17.2. The van der Waals surface area contributed by atoms with Crippen molar-refractivity contribution >= 4 is 40.7 Å². The molecular formula is C18H16Cl2N2O2. The summed E-state index contributed by atoms with van der Waals surface area (Å²) >= 11 is 11.8. The van der Waals surface area contributed by atoms with Gasteiger partial charge in [0.15, 0.2) is 0 Å². The van der Waals surface area contributed by atoms with E-state index >= 15 is 0 Å². The van der Waals surface area contributed by atoms with Crippen LogP contribution in [0.2, 0.25) is 10.0 Å². The number of hydrogen-bond acceptors (Lipinski definition) is 2. The lowest BCUT2D eigenvalue weighted by molar-refractivity contribution is -0.126.